The number of nitro benzene ring substituents is 1. The molecule has 1 heterocycles. The summed E-state index contributed by atoms with van der Waals surface area (Å²) in [6, 6.07) is 4.49. The molecule has 1 aliphatic rings. The third-order valence-electron chi connectivity index (χ3n) is 3.18. The minimum absolute atomic E-state index is 0.119. The Bertz CT molecular complexity index is 668. The average molecular weight is 305 g/mol. The van der Waals surface area contributed by atoms with Gasteiger partial charge < -0.3 is 15.4 Å². The van der Waals surface area contributed by atoms with Gasteiger partial charge in [0.05, 0.1) is 23.1 Å². The van der Waals surface area contributed by atoms with E-state index in [1.165, 1.54) is 18.2 Å². The van der Waals surface area contributed by atoms with Crippen molar-refractivity contribution in [1.82, 2.24) is 10.6 Å². The molecular formula is C14H15N3O5. The summed E-state index contributed by atoms with van der Waals surface area (Å²) in [5, 5.41) is 16.0. The second kappa shape index (κ2) is 6.25. The molecular weight excluding hydrogens is 290 g/mol. The number of non-ortho nitro benzene ring substituents is 1. The molecule has 8 nitrogen and oxygen atoms in total. The van der Waals surface area contributed by atoms with Crippen molar-refractivity contribution >= 4 is 17.7 Å². The molecule has 1 aromatic rings. The molecule has 22 heavy (non-hydrogen) atoms. The summed E-state index contributed by atoms with van der Waals surface area (Å²) in [5.41, 5.74) is 0.901. The number of carbonyl (C=O) groups is 2. The van der Waals surface area contributed by atoms with Crippen LogP contribution in [0.25, 0.3) is 0 Å². The maximum atomic E-state index is 12.1. The number of hydrogen-bond acceptors (Lipinski definition) is 5. The number of carbonyl (C=O) groups excluding carboxylic acids is 2. The Morgan fingerprint density at radius 3 is 2.82 bits per heavy atom. The lowest BCUT2D eigenvalue weighted by Crippen LogP contribution is -2.45. The summed E-state index contributed by atoms with van der Waals surface area (Å²) < 4.78 is 4.99. The minimum atomic E-state index is -0.798. The van der Waals surface area contributed by atoms with E-state index in [-0.39, 0.29) is 17.9 Å². The fraction of sp³-hybridized carbons (Fsp3) is 0.286. The van der Waals surface area contributed by atoms with Crippen LogP contribution in [0.2, 0.25) is 0 Å². The van der Waals surface area contributed by atoms with Gasteiger partial charge in [0, 0.05) is 17.8 Å². The third kappa shape index (κ3) is 3.05. The van der Waals surface area contributed by atoms with Crippen LogP contribution in [0.3, 0.4) is 0 Å². The normalized spacial score (nSPS) is 17.5. The maximum Gasteiger partial charge on any atom is 0.338 e. The first-order valence-electron chi connectivity index (χ1n) is 6.63. The van der Waals surface area contributed by atoms with Crippen LogP contribution in [0, 0.1) is 10.1 Å². The van der Waals surface area contributed by atoms with Crippen molar-refractivity contribution in [2.24, 2.45) is 0 Å². The monoisotopic (exact) mass is 305 g/mol. The Kier molecular flexibility index (Phi) is 4.40. The number of esters is 1. The third-order valence-corrected chi connectivity index (χ3v) is 3.18. The number of amides is 2. The van der Waals surface area contributed by atoms with E-state index >= 15 is 0 Å². The molecule has 0 radical (unpaired) electrons. The number of ether oxygens (including phenoxy) is 1. The zero-order valence-corrected chi connectivity index (χ0v) is 12.1. The number of benzene rings is 1. The number of nitro groups is 1. The molecule has 8 heteroatoms. The van der Waals surface area contributed by atoms with Crippen LogP contribution in [-0.2, 0) is 9.53 Å². The highest BCUT2D eigenvalue weighted by molar-refractivity contribution is 5.95. The van der Waals surface area contributed by atoms with Gasteiger partial charge in [-0.3, -0.25) is 10.1 Å². The molecule has 0 unspecified atom stereocenters. The van der Waals surface area contributed by atoms with E-state index in [0.29, 0.717) is 11.3 Å². The lowest BCUT2D eigenvalue weighted by molar-refractivity contribution is -0.384. The van der Waals surface area contributed by atoms with E-state index in [9.17, 15) is 19.7 Å². The molecule has 0 spiro atoms. The molecule has 0 aromatic heterocycles. The van der Waals surface area contributed by atoms with Gasteiger partial charge in [-0.25, -0.2) is 9.59 Å². The Morgan fingerprint density at radius 1 is 1.45 bits per heavy atom. The van der Waals surface area contributed by atoms with Crippen LogP contribution in [0.15, 0.2) is 35.5 Å². The van der Waals surface area contributed by atoms with Crippen molar-refractivity contribution in [2.75, 3.05) is 6.61 Å². The quantitative estimate of drug-likeness (QED) is 0.500. The highest BCUT2D eigenvalue weighted by Gasteiger charge is 2.32. The Balaban J connectivity index is 2.47. The van der Waals surface area contributed by atoms with Crippen LogP contribution in [0.4, 0.5) is 10.5 Å². The number of rotatable bonds is 4. The van der Waals surface area contributed by atoms with Crippen molar-refractivity contribution in [3.63, 3.8) is 0 Å². The molecule has 1 aromatic carbocycles. The molecule has 116 valence electrons. The zero-order valence-electron chi connectivity index (χ0n) is 12.1. The van der Waals surface area contributed by atoms with Crippen LogP contribution >= 0.6 is 0 Å². The van der Waals surface area contributed by atoms with Gasteiger partial charge in [0.25, 0.3) is 5.69 Å². The number of urea groups is 1. The topological polar surface area (TPSA) is 111 Å². The van der Waals surface area contributed by atoms with Crippen LogP contribution < -0.4 is 10.6 Å². The van der Waals surface area contributed by atoms with E-state index in [2.05, 4.69) is 10.6 Å². The predicted octanol–water partition coefficient (Wildman–Crippen LogP) is 1.79. The van der Waals surface area contributed by atoms with E-state index < -0.39 is 23.0 Å². The standard InChI is InChI=1S/C14H15N3O5/c1-3-22-13(18)11-8(2)15-14(19)16-12(11)9-5-4-6-10(7-9)17(20)21/h4-7,12H,3H2,1-2H3,(H2,15,16,19)/t12-/m1/s1. The average Bonchev–Trinajstić information content (AvgIpc) is 2.46. The van der Waals surface area contributed by atoms with Crippen molar-refractivity contribution < 1.29 is 19.2 Å². The van der Waals surface area contributed by atoms with Gasteiger partial charge in [0.2, 0.25) is 0 Å². The smallest absolute Gasteiger partial charge is 0.338 e. The summed E-state index contributed by atoms with van der Waals surface area (Å²) in [6.45, 7) is 3.44. The molecule has 0 saturated carbocycles. The fourth-order valence-electron chi connectivity index (χ4n) is 2.24. The molecule has 0 bridgehead atoms. The van der Waals surface area contributed by atoms with Crippen LogP contribution in [-0.4, -0.2) is 23.5 Å². The van der Waals surface area contributed by atoms with Gasteiger partial charge in [0.1, 0.15) is 0 Å². The zero-order chi connectivity index (χ0) is 16.3. The highest BCUT2D eigenvalue weighted by Crippen LogP contribution is 2.29. The lowest BCUT2D eigenvalue weighted by Gasteiger charge is -2.27. The van der Waals surface area contributed by atoms with Crippen molar-refractivity contribution in [1.29, 1.82) is 0 Å². The van der Waals surface area contributed by atoms with Gasteiger partial charge in [-0.2, -0.15) is 0 Å². The molecule has 0 fully saturated rings. The van der Waals surface area contributed by atoms with E-state index in [0.717, 1.165) is 0 Å². The SMILES string of the molecule is CCOC(=O)C1=C(C)NC(=O)N[C@@H]1c1cccc([N+](=O)[O-])c1. The minimum Gasteiger partial charge on any atom is -0.463 e. The number of allylic oxidation sites excluding steroid dienone is 1. The molecule has 1 aliphatic heterocycles. The Morgan fingerprint density at radius 2 is 2.18 bits per heavy atom. The first-order chi connectivity index (χ1) is 10.4. The van der Waals surface area contributed by atoms with Gasteiger partial charge in [0.15, 0.2) is 0 Å². The number of nitrogens with zero attached hydrogens (tertiary/aromatic N) is 1. The summed E-state index contributed by atoms with van der Waals surface area (Å²) in [5.74, 6) is -0.580. The second-order valence-corrected chi connectivity index (χ2v) is 4.64. The molecule has 0 aliphatic carbocycles. The summed E-state index contributed by atoms with van der Waals surface area (Å²) in [4.78, 5) is 34.1. The van der Waals surface area contributed by atoms with Gasteiger partial charge in [-0.1, -0.05) is 12.1 Å². The summed E-state index contributed by atoms with van der Waals surface area (Å²) in [6.07, 6.45) is 0. The Hall–Kier alpha value is -2.90. The predicted molar refractivity (Wildman–Crippen MR) is 76.8 cm³/mol. The highest BCUT2D eigenvalue weighted by atomic mass is 16.6. The van der Waals surface area contributed by atoms with Crippen molar-refractivity contribution in [3.05, 3.63) is 51.2 Å². The van der Waals surface area contributed by atoms with Crippen molar-refractivity contribution in [3.8, 4) is 0 Å². The molecule has 2 N–H and O–H groups in total. The summed E-state index contributed by atoms with van der Waals surface area (Å²) in [7, 11) is 0. The summed E-state index contributed by atoms with van der Waals surface area (Å²) >= 11 is 0. The fourth-order valence-corrected chi connectivity index (χ4v) is 2.24. The maximum absolute atomic E-state index is 12.1. The number of nitrogens with one attached hydrogen (secondary N) is 2. The van der Waals surface area contributed by atoms with Crippen molar-refractivity contribution in [2.45, 2.75) is 19.9 Å². The Labute approximate surface area is 126 Å². The van der Waals surface area contributed by atoms with E-state index in [1.54, 1.807) is 19.9 Å². The van der Waals surface area contributed by atoms with E-state index in [1.807, 2.05) is 0 Å². The molecule has 2 amide bonds. The van der Waals surface area contributed by atoms with Crippen LogP contribution in [0.1, 0.15) is 25.5 Å². The first kappa shape index (κ1) is 15.5. The second-order valence-electron chi connectivity index (χ2n) is 4.64. The molecule has 2 rings (SSSR count). The lowest BCUT2D eigenvalue weighted by atomic mass is 9.95. The number of hydrogen-bond donors (Lipinski definition) is 2. The largest absolute Gasteiger partial charge is 0.463 e. The van der Waals surface area contributed by atoms with Gasteiger partial charge in [-0.15, -0.1) is 0 Å². The first-order valence-corrected chi connectivity index (χ1v) is 6.63. The molecule has 0 saturated heterocycles. The van der Waals surface area contributed by atoms with E-state index in [4.69, 9.17) is 4.74 Å². The molecule has 1 atom stereocenters. The van der Waals surface area contributed by atoms with Crippen LogP contribution in [0.5, 0.6) is 0 Å². The van der Waals surface area contributed by atoms with Gasteiger partial charge >= 0.3 is 12.0 Å². The van der Waals surface area contributed by atoms with Gasteiger partial charge in [-0.05, 0) is 19.4 Å².